The predicted molar refractivity (Wildman–Crippen MR) is 103 cm³/mol. The van der Waals surface area contributed by atoms with Crippen molar-refractivity contribution >= 4 is 29.0 Å². The first-order valence-electron chi connectivity index (χ1n) is 8.09. The molecule has 0 fully saturated rings. The summed E-state index contributed by atoms with van der Waals surface area (Å²) in [5.41, 5.74) is 1.22. The van der Waals surface area contributed by atoms with Gasteiger partial charge in [0.2, 0.25) is 11.1 Å². The second-order valence-corrected chi connectivity index (χ2v) is 8.02. The maximum atomic E-state index is 12.3. The number of benzene rings is 1. The average molecular weight is 373 g/mol. The summed E-state index contributed by atoms with van der Waals surface area (Å²) in [6, 6.07) is 14.1. The van der Waals surface area contributed by atoms with Crippen LogP contribution in [0.3, 0.4) is 0 Å². The highest BCUT2D eigenvalue weighted by Gasteiger charge is 2.18. The molecule has 0 saturated heterocycles. The van der Waals surface area contributed by atoms with E-state index in [-0.39, 0.29) is 17.1 Å². The molecule has 1 amide bonds. The number of nitrogens with one attached hydrogen (secondary N) is 2. The molecule has 0 radical (unpaired) electrons. The number of thioether (sulfide) groups is 1. The van der Waals surface area contributed by atoms with E-state index in [2.05, 4.69) is 39.6 Å². The highest BCUT2D eigenvalue weighted by molar-refractivity contribution is 8.00. The van der Waals surface area contributed by atoms with Crippen LogP contribution in [0.5, 0.6) is 0 Å². The highest BCUT2D eigenvalue weighted by Crippen LogP contribution is 2.25. The molecule has 0 aliphatic heterocycles. The predicted octanol–water partition coefficient (Wildman–Crippen LogP) is 3.93. The van der Waals surface area contributed by atoms with Crippen LogP contribution in [-0.4, -0.2) is 32.9 Å². The van der Waals surface area contributed by atoms with Gasteiger partial charge in [0.1, 0.15) is 0 Å². The van der Waals surface area contributed by atoms with Crippen molar-refractivity contribution in [2.45, 2.75) is 30.2 Å². The number of nitrogens with zero attached hydrogens (tertiary/aromatic N) is 2. The van der Waals surface area contributed by atoms with E-state index in [0.29, 0.717) is 11.7 Å². The molecule has 7 heteroatoms. The summed E-state index contributed by atoms with van der Waals surface area (Å²) in [7, 11) is 0. The quantitative estimate of drug-likeness (QED) is 0.617. The summed E-state index contributed by atoms with van der Waals surface area (Å²) in [4.78, 5) is 17.8. The molecule has 0 aliphatic rings. The van der Waals surface area contributed by atoms with E-state index in [9.17, 15) is 4.79 Å². The summed E-state index contributed by atoms with van der Waals surface area (Å²) in [5.74, 6) is 1.01. The average Bonchev–Trinajstić information content (AvgIpc) is 3.31. The number of aromatic nitrogens is 3. The van der Waals surface area contributed by atoms with Gasteiger partial charge in [0.15, 0.2) is 5.82 Å². The van der Waals surface area contributed by atoms with Gasteiger partial charge in [0, 0.05) is 6.54 Å². The van der Waals surface area contributed by atoms with Crippen molar-refractivity contribution in [2.24, 2.45) is 0 Å². The van der Waals surface area contributed by atoms with E-state index in [1.54, 1.807) is 11.3 Å². The molecule has 3 rings (SSSR count). The zero-order chi connectivity index (χ0) is 17.6. The lowest BCUT2D eigenvalue weighted by Crippen LogP contribution is -2.33. The van der Waals surface area contributed by atoms with E-state index in [0.717, 1.165) is 10.7 Å². The Kier molecular flexibility index (Phi) is 5.88. The Morgan fingerprint density at radius 1 is 1.24 bits per heavy atom. The van der Waals surface area contributed by atoms with E-state index < -0.39 is 0 Å². The van der Waals surface area contributed by atoms with Gasteiger partial charge in [-0.05, 0) is 29.9 Å². The smallest absolute Gasteiger partial charge is 0.233 e. The SMILES string of the molecule is CC(Sc1n[nH]c(-c2cccs2)n1)C(=O)NCC(C)c1ccccc1. The second kappa shape index (κ2) is 8.31. The van der Waals surface area contributed by atoms with Crippen molar-refractivity contribution in [3.63, 3.8) is 0 Å². The first-order valence-corrected chi connectivity index (χ1v) is 9.85. The molecule has 130 valence electrons. The van der Waals surface area contributed by atoms with Gasteiger partial charge in [-0.1, -0.05) is 55.1 Å². The highest BCUT2D eigenvalue weighted by atomic mass is 32.2. The van der Waals surface area contributed by atoms with Crippen LogP contribution in [0.1, 0.15) is 25.3 Å². The molecule has 2 atom stereocenters. The molecule has 2 aromatic heterocycles. The van der Waals surface area contributed by atoms with Crippen LogP contribution < -0.4 is 5.32 Å². The largest absolute Gasteiger partial charge is 0.355 e. The number of thiophene rings is 1. The number of H-pyrrole nitrogens is 1. The minimum Gasteiger partial charge on any atom is -0.355 e. The fraction of sp³-hybridized carbons (Fsp3) is 0.278. The lowest BCUT2D eigenvalue weighted by Gasteiger charge is -2.15. The standard InChI is InChI=1S/C18H20N4OS2/c1-12(14-7-4-3-5-8-14)11-19-17(23)13(2)25-18-20-16(21-22-18)15-9-6-10-24-15/h3-10,12-13H,11H2,1-2H3,(H,19,23)(H,20,21,22). The molecular weight excluding hydrogens is 352 g/mol. The summed E-state index contributed by atoms with van der Waals surface area (Å²) < 4.78 is 0. The maximum absolute atomic E-state index is 12.3. The minimum atomic E-state index is -0.255. The second-order valence-electron chi connectivity index (χ2n) is 5.76. The third-order valence-electron chi connectivity index (χ3n) is 3.82. The molecule has 2 unspecified atom stereocenters. The Balaban J connectivity index is 1.51. The molecule has 2 heterocycles. The first kappa shape index (κ1) is 17.7. The molecule has 0 spiro atoms. The van der Waals surface area contributed by atoms with Gasteiger partial charge in [0.05, 0.1) is 10.1 Å². The Hall–Kier alpha value is -2.12. The number of carbonyl (C=O) groups is 1. The summed E-state index contributed by atoms with van der Waals surface area (Å²) >= 11 is 2.96. The van der Waals surface area contributed by atoms with Gasteiger partial charge in [-0.3, -0.25) is 9.89 Å². The Bertz CT molecular complexity index is 802. The van der Waals surface area contributed by atoms with E-state index in [4.69, 9.17) is 0 Å². The fourth-order valence-electron chi connectivity index (χ4n) is 2.33. The molecule has 0 aliphatic carbocycles. The maximum Gasteiger partial charge on any atom is 0.233 e. The number of aromatic amines is 1. The number of hydrogen-bond acceptors (Lipinski definition) is 5. The number of rotatable bonds is 7. The van der Waals surface area contributed by atoms with Gasteiger partial charge in [-0.15, -0.1) is 16.4 Å². The zero-order valence-electron chi connectivity index (χ0n) is 14.1. The lowest BCUT2D eigenvalue weighted by molar-refractivity contribution is -0.120. The number of carbonyl (C=O) groups excluding carboxylic acids is 1. The summed E-state index contributed by atoms with van der Waals surface area (Å²) in [5, 5.41) is 12.4. The number of hydrogen-bond donors (Lipinski definition) is 2. The summed E-state index contributed by atoms with van der Waals surface area (Å²) in [6.45, 7) is 4.59. The van der Waals surface area contributed by atoms with Gasteiger partial charge in [-0.2, -0.15) is 0 Å². The van der Waals surface area contributed by atoms with Gasteiger partial charge in [-0.25, -0.2) is 4.98 Å². The van der Waals surface area contributed by atoms with Crippen LogP contribution in [-0.2, 0) is 4.79 Å². The van der Waals surface area contributed by atoms with Gasteiger partial charge in [0.25, 0.3) is 0 Å². The van der Waals surface area contributed by atoms with Gasteiger partial charge >= 0.3 is 0 Å². The fourth-order valence-corrected chi connectivity index (χ4v) is 3.74. The monoisotopic (exact) mass is 372 g/mol. The van der Waals surface area contributed by atoms with Crippen molar-refractivity contribution in [2.75, 3.05) is 6.54 Å². The Morgan fingerprint density at radius 2 is 2.04 bits per heavy atom. The Morgan fingerprint density at radius 3 is 2.76 bits per heavy atom. The molecule has 25 heavy (non-hydrogen) atoms. The van der Waals surface area contributed by atoms with Crippen LogP contribution in [0.2, 0.25) is 0 Å². The van der Waals surface area contributed by atoms with E-state index in [1.807, 2.05) is 42.6 Å². The third kappa shape index (κ3) is 4.70. The van der Waals surface area contributed by atoms with Crippen molar-refractivity contribution in [3.8, 4) is 10.7 Å². The van der Waals surface area contributed by atoms with Crippen LogP contribution in [0.25, 0.3) is 10.7 Å². The van der Waals surface area contributed by atoms with Crippen molar-refractivity contribution in [1.82, 2.24) is 20.5 Å². The molecular formula is C18H20N4OS2. The van der Waals surface area contributed by atoms with E-state index >= 15 is 0 Å². The van der Waals surface area contributed by atoms with Crippen molar-refractivity contribution in [3.05, 3.63) is 53.4 Å². The van der Waals surface area contributed by atoms with E-state index in [1.165, 1.54) is 17.3 Å². The summed E-state index contributed by atoms with van der Waals surface area (Å²) in [6.07, 6.45) is 0. The van der Waals surface area contributed by atoms with Crippen molar-refractivity contribution < 1.29 is 4.79 Å². The molecule has 0 bridgehead atoms. The third-order valence-corrected chi connectivity index (χ3v) is 5.66. The Labute approximate surface area is 155 Å². The number of amides is 1. The van der Waals surface area contributed by atoms with Crippen LogP contribution in [0.15, 0.2) is 53.0 Å². The lowest BCUT2D eigenvalue weighted by atomic mass is 10.0. The van der Waals surface area contributed by atoms with Crippen LogP contribution in [0, 0.1) is 0 Å². The molecule has 3 aromatic rings. The van der Waals surface area contributed by atoms with Gasteiger partial charge < -0.3 is 5.32 Å². The topological polar surface area (TPSA) is 70.7 Å². The van der Waals surface area contributed by atoms with Crippen molar-refractivity contribution in [1.29, 1.82) is 0 Å². The van der Waals surface area contributed by atoms with Crippen LogP contribution >= 0.6 is 23.1 Å². The molecule has 5 nitrogen and oxygen atoms in total. The molecule has 1 aromatic carbocycles. The zero-order valence-corrected chi connectivity index (χ0v) is 15.7. The first-order chi connectivity index (χ1) is 12.1. The van der Waals surface area contributed by atoms with Crippen LogP contribution in [0.4, 0.5) is 0 Å². The molecule has 2 N–H and O–H groups in total. The minimum absolute atomic E-state index is 0.00439. The normalized spacial score (nSPS) is 13.4. The molecule has 0 saturated carbocycles.